The first-order valence-electron chi connectivity index (χ1n) is 11.0. The highest BCUT2D eigenvalue weighted by Gasteiger charge is 2.28. The van der Waals surface area contributed by atoms with Crippen molar-refractivity contribution in [1.82, 2.24) is 10.2 Å². The van der Waals surface area contributed by atoms with Crippen LogP contribution in [-0.4, -0.2) is 35.4 Å². The molecular formula is C25H31IN2O3. The predicted octanol–water partition coefficient (Wildman–Crippen LogP) is 4.84. The topological polar surface area (TPSA) is 58.6 Å². The van der Waals surface area contributed by atoms with E-state index in [1.165, 1.54) is 6.42 Å². The van der Waals surface area contributed by atoms with Crippen LogP contribution in [0.2, 0.25) is 0 Å². The second kappa shape index (κ2) is 11.5. The fraction of sp³-hybridized carbons (Fsp3) is 0.440. The molecule has 1 aliphatic carbocycles. The molecule has 0 saturated heterocycles. The number of aryl methyl sites for hydroxylation is 1. The summed E-state index contributed by atoms with van der Waals surface area (Å²) < 4.78 is 6.82. The molecule has 5 nitrogen and oxygen atoms in total. The van der Waals surface area contributed by atoms with E-state index in [0.717, 1.165) is 40.4 Å². The van der Waals surface area contributed by atoms with Crippen molar-refractivity contribution >= 4 is 34.4 Å². The maximum Gasteiger partial charge on any atom is 0.261 e. The van der Waals surface area contributed by atoms with Crippen molar-refractivity contribution in [3.8, 4) is 5.75 Å². The molecule has 166 valence electrons. The molecule has 2 aromatic carbocycles. The molecule has 0 bridgehead atoms. The second-order valence-electron chi connectivity index (χ2n) is 8.27. The fourth-order valence-corrected chi connectivity index (χ4v) is 4.28. The molecule has 2 amide bonds. The van der Waals surface area contributed by atoms with Gasteiger partial charge in [0, 0.05) is 16.2 Å². The van der Waals surface area contributed by atoms with Gasteiger partial charge in [0.25, 0.3) is 5.91 Å². The van der Waals surface area contributed by atoms with Crippen molar-refractivity contribution < 1.29 is 14.3 Å². The molecule has 1 unspecified atom stereocenters. The smallest absolute Gasteiger partial charge is 0.261 e. The Hall–Kier alpha value is -2.09. The molecule has 1 fully saturated rings. The van der Waals surface area contributed by atoms with E-state index in [4.69, 9.17) is 4.74 Å². The Morgan fingerprint density at radius 1 is 1.13 bits per heavy atom. The van der Waals surface area contributed by atoms with E-state index in [2.05, 4.69) is 27.9 Å². The van der Waals surface area contributed by atoms with E-state index in [0.29, 0.717) is 12.3 Å². The Morgan fingerprint density at radius 2 is 1.84 bits per heavy atom. The summed E-state index contributed by atoms with van der Waals surface area (Å²) in [5.41, 5.74) is 2.12. The van der Waals surface area contributed by atoms with Gasteiger partial charge in [0.15, 0.2) is 6.61 Å². The number of hydrogen-bond acceptors (Lipinski definition) is 3. The number of amides is 2. The Morgan fingerprint density at radius 3 is 2.52 bits per heavy atom. The van der Waals surface area contributed by atoms with Gasteiger partial charge in [-0.3, -0.25) is 9.59 Å². The zero-order valence-electron chi connectivity index (χ0n) is 18.3. The third-order valence-corrected chi connectivity index (χ3v) is 6.45. The summed E-state index contributed by atoms with van der Waals surface area (Å²) >= 11 is 2.23. The Bertz CT molecular complexity index is 879. The molecule has 31 heavy (non-hydrogen) atoms. The summed E-state index contributed by atoms with van der Waals surface area (Å²) in [7, 11) is 0. The van der Waals surface area contributed by atoms with Crippen molar-refractivity contribution in [2.24, 2.45) is 0 Å². The molecule has 0 aromatic heterocycles. The van der Waals surface area contributed by atoms with E-state index in [1.807, 2.05) is 55.5 Å². The van der Waals surface area contributed by atoms with Crippen molar-refractivity contribution in [1.29, 1.82) is 0 Å². The van der Waals surface area contributed by atoms with Crippen LogP contribution in [0.3, 0.4) is 0 Å². The number of ether oxygens (including phenoxy) is 1. The molecule has 0 heterocycles. The van der Waals surface area contributed by atoms with E-state index < -0.39 is 6.04 Å². The Labute approximate surface area is 198 Å². The lowest BCUT2D eigenvalue weighted by molar-refractivity contribution is -0.142. The number of nitrogens with one attached hydrogen (secondary N) is 1. The monoisotopic (exact) mass is 534 g/mol. The molecule has 0 aliphatic heterocycles. The van der Waals surface area contributed by atoms with Crippen LogP contribution in [0.1, 0.15) is 50.2 Å². The summed E-state index contributed by atoms with van der Waals surface area (Å²) in [6.07, 6.45) is 5.56. The van der Waals surface area contributed by atoms with Crippen molar-refractivity contribution in [2.75, 3.05) is 6.61 Å². The van der Waals surface area contributed by atoms with Gasteiger partial charge in [0.05, 0.1) is 0 Å². The molecular weight excluding hydrogens is 503 g/mol. The summed E-state index contributed by atoms with van der Waals surface area (Å²) in [4.78, 5) is 27.7. The highest BCUT2D eigenvalue weighted by molar-refractivity contribution is 14.1. The largest absolute Gasteiger partial charge is 0.484 e. The normalized spacial score (nSPS) is 15.2. The number of hydrogen-bond donors (Lipinski definition) is 1. The number of nitrogens with zero attached hydrogens (tertiary/aromatic N) is 1. The van der Waals surface area contributed by atoms with Crippen LogP contribution in [0.5, 0.6) is 5.75 Å². The molecule has 0 spiro atoms. The van der Waals surface area contributed by atoms with Crippen LogP contribution in [0.4, 0.5) is 0 Å². The van der Waals surface area contributed by atoms with E-state index in [-0.39, 0.29) is 24.5 Å². The van der Waals surface area contributed by atoms with Crippen LogP contribution < -0.4 is 10.1 Å². The van der Waals surface area contributed by atoms with Gasteiger partial charge in [0.2, 0.25) is 5.91 Å². The number of benzene rings is 2. The lowest BCUT2D eigenvalue weighted by Gasteiger charge is -2.31. The maximum atomic E-state index is 13.1. The lowest BCUT2D eigenvalue weighted by Crippen LogP contribution is -2.51. The van der Waals surface area contributed by atoms with Crippen LogP contribution >= 0.6 is 22.6 Å². The van der Waals surface area contributed by atoms with Gasteiger partial charge in [-0.2, -0.15) is 0 Å². The number of halogens is 1. The zero-order valence-corrected chi connectivity index (χ0v) is 20.4. The molecule has 1 atom stereocenters. The van der Waals surface area contributed by atoms with Gasteiger partial charge in [-0.05, 0) is 79.1 Å². The third kappa shape index (κ3) is 7.23. The highest BCUT2D eigenvalue weighted by atomic mass is 127. The third-order valence-electron chi connectivity index (χ3n) is 5.73. The molecule has 1 aliphatic rings. The van der Waals surface area contributed by atoms with Gasteiger partial charge in [-0.1, -0.05) is 49.1 Å². The first-order valence-corrected chi connectivity index (χ1v) is 12.0. The number of carbonyl (C=O) groups is 2. The molecule has 0 radical (unpaired) electrons. The summed E-state index contributed by atoms with van der Waals surface area (Å²) in [5, 5.41) is 3.16. The minimum absolute atomic E-state index is 0.0952. The predicted molar refractivity (Wildman–Crippen MR) is 131 cm³/mol. The van der Waals surface area contributed by atoms with E-state index in [1.54, 1.807) is 11.8 Å². The van der Waals surface area contributed by atoms with Gasteiger partial charge < -0.3 is 15.0 Å². The minimum Gasteiger partial charge on any atom is -0.484 e. The van der Waals surface area contributed by atoms with Gasteiger partial charge in [-0.15, -0.1) is 0 Å². The van der Waals surface area contributed by atoms with Gasteiger partial charge in [-0.25, -0.2) is 0 Å². The molecule has 1 N–H and O–H groups in total. The Balaban J connectivity index is 1.70. The summed E-state index contributed by atoms with van der Waals surface area (Å²) in [6, 6.07) is 15.2. The first-order chi connectivity index (χ1) is 14.9. The van der Waals surface area contributed by atoms with Crippen molar-refractivity contribution in [3.05, 3.63) is 63.2 Å². The van der Waals surface area contributed by atoms with Gasteiger partial charge >= 0.3 is 0 Å². The summed E-state index contributed by atoms with van der Waals surface area (Å²) in [6.45, 7) is 4.09. The zero-order chi connectivity index (χ0) is 22.2. The molecule has 2 aromatic rings. The SMILES string of the molecule is Cc1cccc(CN(C(=O)COc2ccc(I)cc2)C(C)C(=O)NC2CCCCC2)c1. The van der Waals surface area contributed by atoms with Crippen LogP contribution in [-0.2, 0) is 16.1 Å². The van der Waals surface area contributed by atoms with Crippen LogP contribution in [0.25, 0.3) is 0 Å². The summed E-state index contributed by atoms with van der Waals surface area (Å²) in [5.74, 6) is 0.345. The number of carbonyl (C=O) groups excluding carboxylic acids is 2. The fourth-order valence-electron chi connectivity index (χ4n) is 3.92. The Kier molecular flexibility index (Phi) is 8.75. The number of rotatable bonds is 8. The van der Waals surface area contributed by atoms with E-state index >= 15 is 0 Å². The lowest BCUT2D eigenvalue weighted by atomic mass is 9.95. The second-order valence-corrected chi connectivity index (χ2v) is 9.52. The highest BCUT2D eigenvalue weighted by Crippen LogP contribution is 2.19. The maximum absolute atomic E-state index is 13.1. The molecule has 6 heteroatoms. The molecule has 3 rings (SSSR count). The standard InChI is InChI=1S/C25H31IN2O3/c1-18-7-6-8-20(15-18)16-28(19(2)25(30)27-22-9-4-3-5-10-22)24(29)17-31-23-13-11-21(26)12-14-23/h6-8,11-15,19,22H,3-5,9-10,16-17H2,1-2H3,(H,27,30). The van der Waals surface area contributed by atoms with Crippen LogP contribution in [0, 0.1) is 10.5 Å². The average Bonchev–Trinajstić information content (AvgIpc) is 2.77. The minimum atomic E-state index is -0.574. The van der Waals surface area contributed by atoms with Gasteiger partial charge in [0.1, 0.15) is 11.8 Å². The van der Waals surface area contributed by atoms with Crippen molar-refractivity contribution in [2.45, 2.75) is 64.6 Å². The van der Waals surface area contributed by atoms with Crippen LogP contribution in [0.15, 0.2) is 48.5 Å². The quantitative estimate of drug-likeness (QED) is 0.493. The average molecular weight is 534 g/mol. The first kappa shape index (κ1) is 23.6. The van der Waals surface area contributed by atoms with E-state index in [9.17, 15) is 9.59 Å². The van der Waals surface area contributed by atoms with Crippen molar-refractivity contribution in [3.63, 3.8) is 0 Å². The molecule has 1 saturated carbocycles.